The molecule has 1 rings (SSSR count). The summed E-state index contributed by atoms with van der Waals surface area (Å²) in [7, 11) is 0. The molecule has 84 valence electrons. The molecular formula is C9H13IN2O2S. The number of anilines is 1. The Hall–Kier alpha value is -0.370. The van der Waals surface area contributed by atoms with E-state index in [0.717, 1.165) is 7.89 Å². The molecule has 4 nitrogen and oxygen atoms in total. The predicted octanol–water partition coefficient (Wildman–Crippen LogP) is 3.34. The van der Waals surface area contributed by atoms with Gasteiger partial charge in [-0.1, -0.05) is 0 Å². The lowest BCUT2D eigenvalue weighted by Crippen LogP contribution is -2.45. The van der Waals surface area contributed by atoms with Gasteiger partial charge in [0, 0.05) is 5.54 Å². The third-order valence-corrected chi connectivity index (χ3v) is 3.64. The number of carbonyl (C=O) groups is 1. The highest BCUT2D eigenvalue weighted by Gasteiger charge is 2.31. The van der Waals surface area contributed by atoms with Crippen LogP contribution in [0.5, 0.6) is 0 Å². The van der Waals surface area contributed by atoms with Gasteiger partial charge in [0.1, 0.15) is 2.88 Å². The highest BCUT2D eigenvalue weighted by Crippen LogP contribution is 2.31. The number of hydrogen-bond donors (Lipinski definition) is 1. The number of thiazole rings is 1. The van der Waals surface area contributed by atoms with E-state index in [-0.39, 0.29) is 0 Å². The van der Waals surface area contributed by atoms with Gasteiger partial charge in [-0.15, -0.1) is 11.3 Å². The molecule has 0 spiro atoms. The Morgan fingerprint density at radius 1 is 1.53 bits per heavy atom. The van der Waals surface area contributed by atoms with Crippen LogP contribution in [-0.2, 0) is 0 Å². The van der Waals surface area contributed by atoms with Crippen LogP contribution in [0.25, 0.3) is 0 Å². The van der Waals surface area contributed by atoms with Crippen LogP contribution in [0.4, 0.5) is 10.6 Å². The van der Waals surface area contributed by atoms with Crippen molar-refractivity contribution in [3.63, 3.8) is 0 Å². The summed E-state index contributed by atoms with van der Waals surface area (Å²) in [6.45, 7) is 7.43. The fourth-order valence-corrected chi connectivity index (χ4v) is 3.16. The SMILES string of the molecule is Cc1nc(N(C(=O)O)C(C)(C)C)c(I)s1. The van der Waals surface area contributed by atoms with Crippen LogP contribution in [0.15, 0.2) is 0 Å². The molecule has 0 aliphatic heterocycles. The normalized spacial score (nSPS) is 11.5. The van der Waals surface area contributed by atoms with Gasteiger partial charge in [-0.05, 0) is 50.3 Å². The summed E-state index contributed by atoms with van der Waals surface area (Å²) in [5, 5.41) is 10.1. The summed E-state index contributed by atoms with van der Waals surface area (Å²) in [4.78, 5) is 16.8. The molecule has 0 radical (unpaired) electrons. The van der Waals surface area contributed by atoms with E-state index in [4.69, 9.17) is 0 Å². The Morgan fingerprint density at radius 2 is 2.07 bits per heavy atom. The maximum Gasteiger partial charge on any atom is 0.413 e. The van der Waals surface area contributed by atoms with Crippen molar-refractivity contribution < 1.29 is 9.90 Å². The van der Waals surface area contributed by atoms with E-state index in [9.17, 15) is 9.90 Å². The first-order valence-electron chi connectivity index (χ1n) is 4.39. The van der Waals surface area contributed by atoms with Gasteiger partial charge in [-0.3, -0.25) is 4.90 Å². The summed E-state index contributed by atoms with van der Waals surface area (Å²) in [6.07, 6.45) is -0.967. The van der Waals surface area contributed by atoms with Crippen LogP contribution < -0.4 is 4.90 Å². The molecule has 0 aliphatic rings. The largest absolute Gasteiger partial charge is 0.465 e. The maximum absolute atomic E-state index is 11.2. The average Bonchev–Trinajstić information content (AvgIpc) is 2.26. The molecule has 0 unspecified atom stereocenters. The Balaban J connectivity index is 3.22. The fourth-order valence-electron chi connectivity index (χ4n) is 1.22. The predicted molar refractivity (Wildman–Crippen MR) is 69.8 cm³/mol. The molecule has 1 N–H and O–H groups in total. The second-order valence-corrected chi connectivity index (χ2v) is 7.13. The van der Waals surface area contributed by atoms with E-state index in [2.05, 4.69) is 27.6 Å². The van der Waals surface area contributed by atoms with Crippen molar-refractivity contribution in [2.45, 2.75) is 33.2 Å². The van der Waals surface area contributed by atoms with Crippen molar-refractivity contribution in [2.24, 2.45) is 0 Å². The van der Waals surface area contributed by atoms with Gasteiger partial charge in [0.05, 0.1) is 5.01 Å². The van der Waals surface area contributed by atoms with E-state index in [1.54, 1.807) is 0 Å². The minimum atomic E-state index is -0.967. The Bertz CT molecular complexity index is 384. The van der Waals surface area contributed by atoms with Gasteiger partial charge in [0.25, 0.3) is 0 Å². The summed E-state index contributed by atoms with van der Waals surface area (Å²) < 4.78 is 0.905. The van der Waals surface area contributed by atoms with Crippen molar-refractivity contribution in [2.75, 3.05) is 4.90 Å². The molecule has 1 heterocycles. The standard InChI is InChI=1S/C9H13IN2O2S/c1-5-11-7(6(10)15-5)12(8(13)14)9(2,3)4/h1-4H3,(H,13,14). The number of halogens is 1. The molecule has 0 saturated carbocycles. The van der Waals surface area contributed by atoms with E-state index in [1.165, 1.54) is 16.2 Å². The second kappa shape index (κ2) is 4.25. The molecule has 1 aromatic rings. The van der Waals surface area contributed by atoms with Crippen molar-refractivity contribution in [1.29, 1.82) is 0 Å². The molecule has 1 amide bonds. The number of amides is 1. The topological polar surface area (TPSA) is 53.4 Å². The Kier molecular flexibility index (Phi) is 3.59. The third kappa shape index (κ3) is 2.81. The smallest absolute Gasteiger partial charge is 0.413 e. The van der Waals surface area contributed by atoms with Crippen LogP contribution in [-0.4, -0.2) is 21.7 Å². The number of aromatic nitrogens is 1. The van der Waals surface area contributed by atoms with E-state index < -0.39 is 11.6 Å². The number of rotatable bonds is 1. The van der Waals surface area contributed by atoms with Gasteiger partial charge in [-0.25, -0.2) is 9.78 Å². The van der Waals surface area contributed by atoms with Crippen LogP contribution in [0.3, 0.4) is 0 Å². The lowest BCUT2D eigenvalue weighted by Gasteiger charge is -2.31. The molecule has 0 aliphatic carbocycles. The highest BCUT2D eigenvalue weighted by atomic mass is 127. The minimum Gasteiger partial charge on any atom is -0.465 e. The van der Waals surface area contributed by atoms with Crippen molar-refractivity contribution in [3.8, 4) is 0 Å². The quantitative estimate of drug-likeness (QED) is 0.798. The van der Waals surface area contributed by atoms with Crippen molar-refractivity contribution in [1.82, 2.24) is 4.98 Å². The third-order valence-electron chi connectivity index (χ3n) is 1.75. The monoisotopic (exact) mass is 340 g/mol. The zero-order chi connectivity index (χ0) is 11.8. The first-order valence-corrected chi connectivity index (χ1v) is 6.29. The van der Waals surface area contributed by atoms with Crippen LogP contribution in [0.1, 0.15) is 25.8 Å². The van der Waals surface area contributed by atoms with Gasteiger partial charge in [0.15, 0.2) is 5.82 Å². The van der Waals surface area contributed by atoms with Gasteiger partial charge < -0.3 is 5.11 Å². The van der Waals surface area contributed by atoms with Crippen molar-refractivity contribution >= 4 is 45.8 Å². The summed E-state index contributed by atoms with van der Waals surface area (Å²) in [5.74, 6) is 0.540. The van der Waals surface area contributed by atoms with Crippen molar-refractivity contribution in [3.05, 3.63) is 7.89 Å². The Labute approximate surface area is 106 Å². The number of nitrogens with zero attached hydrogens (tertiary/aromatic N) is 2. The maximum atomic E-state index is 11.2. The Morgan fingerprint density at radius 3 is 2.33 bits per heavy atom. The fraction of sp³-hybridized carbons (Fsp3) is 0.556. The van der Waals surface area contributed by atoms with Gasteiger partial charge >= 0.3 is 6.09 Å². The molecule has 0 fully saturated rings. The van der Waals surface area contributed by atoms with Crippen LogP contribution in [0, 0.1) is 9.81 Å². The van der Waals surface area contributed by atoms with Gasteiger partial charge in [0.2, 0.25) is 0 Å². The van der Waals surface area contributed by atoms with E-state index in [0.29, 0.717) is 5.82 Å². The van der Waals surface area contributed by atoms with Crippen LogP contribution in [0.2, 0.25) is 0 Å². The minimum absolute atomic E-state index is 0.480. The highest BCUT2D eigenvalue weighted by molar-refractivity contribution is 14.1. The molecule has 0 saturated heterocycles. The number of aryl methyl sites for hydroxylation is 1. The zero-order valence-corrected chi connectivity index (χ0v) is 12.0. The second-order valence-electron chi connectivity index (χ2n) is 4.12. The van der Waals surface area contributed by atoms with E-state index >= 15 is 0 Å². The molecule has 1 aromatic heterocycles. The van der Waals surface area contributed by atoms with Gasteiger partial charge in [-0.2, -0.15) is 0 Å². The zero-order valence-electron chi connectivity index (χ0n) is 9.04. The summed E-state index contributed by atoms with van der Waals surface area (Å²) >= 11 is 3.62. The first kappa shape index (κ1) is 12.7. The molecular weight excluding hydrogens is 327 g/mol. The summed E-state index contributed by atoms with van der Waals surface area (Å²) in [6, 6.07) is 0. The average molecular weight is 340 g/mol. The molecule has 0 atom stereocenters. The number of hydrogen-bond acceptors (Lipinski definition) is 3. The first-order chi connectivity index (χ1) is 6.73. The summed E-state index contributed by atoms with van der Waals surface area (Å²) in [5.41, 5.74) is -0.480. The molecule has 0 bridgehead atoms. The lowest BCUT2D eigenvalue weighted by molar-refractivity contribution is 0.195. The van der Waals surface area contributed by atoms with Crippen LogP contribution >= 0.6 is 33.9 Å². The molecule has 0 aromatic carbocycles. The molecule has 15 heavy (non-hydrogen) atoms. The molecule has 6 heteroatoms. The number of carboxylic acid groups (broad SMARTS) is 1. The van der Waals surface area contributed by atoms with E-state index in [1.807, 2.05) is 27.7 Å². The lowest BCUT2D eigenvalue weighted by atomic mass is 10.1.